The summed E-state index contributed by atoms with van der Waals surface area (Å²) in [5, 5.41) is 13.1. The van der Waals surface area contributed by atoms with Crippen molar-refractivity contribution in [1.29, 1.82) is 0 Å². The van der Waals surface area contributed by atoms with E-state index in [2.05, 4.69) is 17.2 Å². The summed E-state index contributed by atoms with van der Waals surface area (Å²) in [6, 6.07) is -0.167. The van der Waals surface area contributed by atoms with Crippen LogP contribution in [0.2, 0.25) is 0 Å². The number of aryl methyl sites for hydroxylation is 1. The van der Waals surface area contributed by atoms with E-state index in [4.69, 9.17) is 0 Å². The molecular formula is C15H22N2O3S. The fourth-order valence-electron chi connectivity index (χ4n) is 2.81. The number of amides is 1. The molecule has 1 fully saturated rings. The molecule has 1 aliphatic rings. The quantitative estimate of drug-likeness (QED) is 0.876. The van der Waals surface area contributed by atoms with Crippen LogP contribution in [0.4, 0.5) is 0 Å². The van der Waals surface area contributed by atoms with Crippen LogP contribution >= 0.6 is 11.3 Å². The van der Waals surface area contributed by atoms with Gasteiger partial charge in [0.1, 0.15) is 5.01 Å². The molecule has 2 rings (SSSR count). The number of nitrogens with one attached hydrogen (secondary N) is 1. The van der Waals surface area contributed by atoms with Crippen molar-refractivity contribution < 1.29 is 14.7 Å². The Morgan fingerprint density at radius 2 is 2.10 bits per heavy atom. The third kappa shape index (κ3) is 3.81. The molecule has 1 saturated carbocycles. The number of aromatic nitrogens is 1. The van der Waals surface area contributed by atoms with Crippen LogP contribution in [-0.2, 0) is 16.0 Å². The molecule has 1 heterocycles. The summed E-state index contributed by atoms with van der Waals surface area (Å²) in [5.74, 6) is -1.97. The second-order valence-electron chi connectivity index (χ2n) is 5.58. The molecule has 5 nitrogen and oxygen atoms in total. The average molecular weight is 310 g/mol. The zero-order chi connectivity index (χ0) is 15.4. The van der Waals surface area contributed by atoms with Gasteiger partial charge in [0.05, 0.1) is 17.9 Å². The molecule has 1 amide bonds. The number of carboxylic acids is 1. The van der Waals surface area contributed by atoms with Crippen molar-refractivity contribution in [3.63, 3.8) is 0 Å². The van der Waals surface area contributed by atoms with Crippen LogP contribution in [0.1, 0.15) is 55.5 Å². The number of thiazole rings is 1. The average Bonchev–Trinajstić information content (AvgIpc) is 2.96. The predicted molar refractivity (Wildman–Crippen MR) is 81.1 cm³/mol. The van der Waals surface area contributed by atoms with Crippen molar-refractivity contribution in [2.45, 2.75) is 52.0 Å². The molecule has 0 aromatic carbocycles. The standard InChI is InChI=1S/C15H22N2O3S/c1-3-10-8-16-14(21-10)9(2)17-13(18)11-6-4-5-7-12(11)15(19)20/h8-9,11-12H,3-7H2,1-2H3,(H,17,18)(H,19,20)/t9?,11-,12+/m1/s1. The fraction of sp³-hybridized carbons (Fsp3) is 0.667. The highest BCUT2D eigenvalue weighted by Gasteiger charge is 2.36. The van der Waals surface area contributed by atoms with Crippen LogP contribution < -0.4 is 5.32 Å². The largest absolute Gasteiger partial charge is 0.481 e. The molecule has 1 unspecified atom stereocenters. The summed E-state index contributed by atoms with van der Waals surface area (Å²) >= 11 is 1.59. The second kappa shape index (κ2) is 7.02. The third-order valence-electron chi connectivity index (χ3n) is 4.07. The maximum Gasteiger partial charge on any atom is 0.307 e. The van der Waals surface area contributed by atoms with Crippen LogP contribution in [0.5, 0.6) is 0 Å². The van der Waals surface area contributed by atoms with E-state index >= 15 is 0 Å². The Hall–Kier alpha value is -1.43. The monoisotopic (exact) mass is 310 g/mol. The number of carboxylic acid groups (broad SMARTS) is 1. The lowest BCUT2D eigenvalue weighted by Gasteiger charge is -2.28. The third-order valence-corrected chi connectivity index (χ3v) is 5.39. The van der Waals surface area contributed by atoms with Crippen molar-refractivity contribution in [2.75, 3.05) is 0 Å². The lowest BCUT2D eigenvalue weighted by atomic mass is 9.78. The molecule has 0 radical (unpaired) electrons. The minimum atomic E-state index is -0.856. The maximum atomic E-state index is 12.4. The van der Waals surface area contributed by atoms with E-state index < -0.39 is 17.8 Å². The first-order valence-corrected chi connectivity index (χ1v) is 8.32. The summed E-state index contributed by atoms with van der Waals surface area (Å²) in [4.78, 5) is 29.2. The van der Waals surface area contributed by atoms with E-state index in [1.807, 2.05) is 13.1 Å². The van der Waals surface area contributed by atoms with E-state index in [1.165, 1.54) is 4.88 Å². The van der Waals surface area contributed by atoms with Crippen LogP contribution in [0, 0.1) is 11.8 Å². The highest BCUT2D eigenvalue weighted by Crippen LogP contribution is 2.31. The Kier molecular flexibility index (Phi) is 5.33. The molecular weight excluding hydrogens is 288 g/mol. The van der Waals surface area contributed by atoms with Gasteiger partial charge in [-0.2, -0.15) is 0 Å². The van der Waals surface area contributed by atoms with E-state index in [9.17, 15) is 14.7 Å². The Bertz CT molecular complexity index is 515. The van der Waals surface area contributed by atoms with Gasteiger partial charge < -0.3 is 10.4 Å². The van der Waals surface area contributed by atoms with Gasteiger partial charge in [-0.3, -0.25) is 9.59 Å². The molecule has 2 N–H and O–H groups in total. The molecule has 3 atom stereocenters. The lowest BCUT2D eigenvalue weighted by Crippen LogP contribution is -2.40. The van der Waals surface area contributed by atoms with Crippen LogP contribution in [0.15, 0.2) is 6.20 Å². The number of aliphatic carboxylic acids is 1. The first-order valence-electron chi connectivity index (χ1n) is 7.50. The van der Waals surface area contributed by atoms with E-state index in [1.54, 1.807) is 11.3 Å². The molecule has 1 aliphatic carbocycles. The van der Waals surface area contributed by atoms with Crippen LogP contribution in [0.3, 0.4) is 0 Å². The number of nitrogens with zero attached hydrogens (tertiary/aromatic N) is 1. The Labute approximate surface area is 128 Å². The number of hydrogen-bond acceptors (Lipinski definition) is 4. The van der Waals surface area contributed by atoms with Gasteiger partial charge in [0.15, 0.2) is 0 Å². The van der Waals surface area contributed by atoms with Crippen LogP contribution in [-0.4, -0.2) is 22.0 Å². The maximum absolute atomic E-state index is 12.4. The number of hydrogen-bond donors (Lipinski definition) is 2. The first kappa shape index (κ1) is 15.9. The van der Waals surface area contributed by atoms with Crippen molar-refractivity contribution in [1.82, 2.24) is 10.3 Å². The van der Waals surface area contributed by atoms with Gasteiger partial charge in [0, 0.05) is 11.1 Å². The Balaban J connectivity index is 2.00. The minimum absolute atomic E-state index is 0.150. The van der Waals surface area contributed by atoms with Gasteiger partial charge in [0.2, 0.25) is 5.91 Å². The Morgan fingerprint density at radius 3 is 2.67 bits per heavy atom. The number of rotatable bonds is 5. The van der Waals surface area contributed by atoms with Crippen LogP contribution in [0.25, 0.3) is 0 Å². The van der Waals surface area contributed by atoms with Gasteiger partial charge in [-0.25, -0.2) is 4.98 Å². The van der Waals surface area contributed by atoms with E-state index in [-0.39, 0.29) is 11.9 Å². The van der Waals surface area contributed by atoms with Gasteiger partial charge in [-0.15, -0.1) is 11.3 Å². The van der Waals surface area contributed by atoms with Crippen molar-refractivity contribution >= 4 is 23.2 Å². The fourth-order valence-corrected chi connectivity index (χ4v) is 3.67. The van der Waals surface area contributed by atoms with Gasteiger partial charge >= 0.3 is 5.97 Å². The molecule has 21 heavy (non-hydrogen) atoms. The zero-order valence-electron chi connectivity index (χ0n) is 12.5. The molecule has 116 valence electrons. The molecule has 0 aliphatic heterocycles. The summed E-state index contributed by atoms with van der Waals surface area (Å²) in [7, 11) is 0. The molecule has 0 saturated heterocycles. The number of carbonyl (C=O) groups is 2. The molecule has 0 spiro atoms. The topological polar surface area (TPSA) is 79.3 Å². The van der Waals surface area contributed by atoms with E-state index in [0.29, 0.717) is 12.8 Å². The molecule has 1 aromatic rings. The summed E-state index contributed by atoms with van der Waals surface area (Å²) in [5.41, 5.74) is 0. The number of carbonyl (C=O) groups excluding carboxylic acids is 1. The van der Waals surface area contributed by atoms with Crippen molar-refractivity contribution in [2.24, 2.45) is 11.8 Å². The molecule has 1 aromatic heterocycles. The Morgan fingerprint density at radius 1 is 1.43 bits per heavy atom. The van der Waals surface area contributed by atoms with Crippen molar-refractivity contribution in [3.05, 3.63) is 16.1 Å². The SMILES string of the molecule is CCc1cnc(C(C)NC(=O)[C@@H]2CCCC[C@@H]2C(=O)O)s1. The van der Waals surface area contributed by atoms with E-state index in [0.717, 1.165) is 24.3 Å². The highest BCUT2D eigenvalue weighted by atomic mass is 32.1. The smallest absolute Gasteiger partial charge is 0.307 e. The summed E-state index contributed by atoms with van der Waals surface area (Å²) in [6.07, 6.45) is 5.84. The first-order chi connectivity index (χ1) is 10.0. The molecule has 0 bridgehead atoms. The second-order valence-corrected chi connectivity index (χ2v) is 6.73. The predicted octanol–water partition coefficient (Wildman–Crippen LogP) is 2.77. The van der Waals surface area contributed by atoms with Gasteiger partial charge in [-0.1, -0.05) is 19.8 Å². The van der Waals surface area contributed by atoms with Crippen molar-refractivity contribution in [3.8, 4) is 0 Å². The lowest BCUT2D eigenvalue weighted by molar-refractivity contribution is -0.149. The van der Waals surface area contributed by atoms with Gasteiger partial charge in [0.25, 0.3) is 0 Å². The van der Waals surface area contributed by atoms with Gasteiger partial charge in [-0.05, 0) is 26.2 Å². The summed E-state index contributed by atoms with van der Waals surface area (Å²) < 4.78 is 0. The summed E-state index contributed by atoms with van der Waals surface area (Å²) in [6.45, 7) is 3.97. The highest BCUT2D eigenvalue weighted by molar-refractivity contribution is 7.11. The molecule has 6 heteroatoms. The minimum Gasteiger partial charge on any atom is -0.481 e. The zero-order valence-corrected chi connectivity index (χ0v) is 13.3. The normalized spacial score (nSPS) is 23.5.